The summed E-state index contributed by atoms with van der Waals surface area (Å²) in [5, 5.41) is 0. The molecule has 0 aliphatic carbocycles. The third-order valence-electron chi connectivity index (χ3n) is 2.21. The standard InChI is InChI=1S/C12H22O3S/c1-2-6-12(14)15-9-5-3-4-7-11(13)8-10-16/h16H,2-10H2,1H3. The number of unbranched alkanes of at least 4 members (excludes halogenated alkanes) is 2. The molecule has 16 heavy (non-hydrogen) atoms. The maximum Gasteiger partial charge on any atom is 0.305 e. The lowest BCUT2D eigenvalue weighted by Crippen LogP contribution is -2.05. The van der Waals surface area contributed by atoms with E-state index in [0.29, 0.717) is 31.6 Å². The maximum absolute atomic E-state index is 11.1. The Morgan fingerprint density at radius 3 is 2.44 bits per heavy atom. The molecule has 0 radical (unpaired) electrons. The van der Waals surface area contributed by atoms with Gasteiger partial charge in [-0.25, -0.2) is 0 Å². The summed E-state index contributed by atoms with van der Waals surface area (Å²) in [6, 6.07) is 0. The van der Waals surface area contributed by atoms with Crippen LogP contribution in [-0.2, 0) is 14.3 Å². The fraction of sp³-hybridized carbons (Fsp3) is 0.833. The van der Waals surface area contributed by atoms with Crippen molar-refractivity contribution in [2.45, 2.75) is 51.9 Å². The molecule has 0 rings (SSSR count). The number of Topliss-reactive ketones (excluding diaryl/α,β-unsaturated/α-hetero) is 1. The third-order valence-corrected chi connectivity index (χ3v) is 2.43. The Kier molecular flexibility index (Phi) is 10.6. The van der Waals surface area contributed by atoms with Crippen LogP contribution in [0.4, 0.5) is 0 Å². The van der Waals surface area contributed by atoms with Crippen LogP contribution in [0.5, 0.6) is 0 Å². The van der Waals surface area contributed by atoms with E-state index in [4.69, 9.17) is 4.74 Å². The number of thiol groups is 1. The molecule has 0 aliphatic rings. The Balaban J connectivity index is 3.21. The minimum absolute atomic E-state index is 0.117. The average molecular weight is 246 g/mol. The van der Waals surface area contributed by atoms with Gasteiger partial charge in [0, 0.05) is 19.3 Å². The van der Waals surface area contributed by atoms with Gasteiger partial charge < -0.3 is 4.74 Å². The van der Waals surface area contributed by atoms with Gasteiger partial charge in [-0.2, -0.15) is 12.6 Å². The normalized spacial score (nSPS) is 10.1. The van der Waals surface area contributed by atoms with E-state index >= 15 is 0 Å². The number of hydrogen-bond donors (Lipinski definition) is 1. The number of ketones is 1. The maximum atomic E-state index is 11.1. The van der Waals surface area contributed by atoms with E-state index in [-0.39, 0.29) is 11.8 Å². The zero-order valence-corrected chi connectivity index (χ0v) is 10.9. The van der Waals surface area contributed by atoms with Crippen molar-refractivity contribution >= 4 is 24.4 Å². The smallest absolute Gasteiger partial charge is 0.305 e. The monoisotopic (exact) mass is 246 g/mol. The second-order valence-corrected chi connectivity index (χ2v) is 4.24. The molecule has 0 saturated heterocycles. The predicted molar refractivity (Wildman–Crippen MR) is 67.8 cm³/mol. The van der Waals surface area contributed by atoms with Crippen molar-refractivity contribution in [2.24, 2.45) is 0 Å². The molecule has 0 aromatic heterocycles. The zero-order chi connectivity index (χ0) is 12.2. The molecule has 3 nitrogen and oxygen atoms in total. The van der Waals surface area contributed by atoms with Gasteiger partial charge >= 0.3 is 5.97 Å². The summed E-state index contributed by atoms with van der Waals surface area (Å²) in [6.45, 7) is 2.44. The molecular formula is C12H22O3S. The van der Waals surface area contributed by atoms with Gasteiger partial charge in [0.2, 0.25) is 0 Å². The average Bonchev–Trinajstić information content (AvgIpc) is 2.24. The van der Waals surface area contributed by atoms with Crippen LogP contribution in [0, 0.1) is 0 Å². The van der Waals surface area contributed by atoms with E-state index in [1.165, 1.54) is 0 Å². The Bertz CT molecular complexity index is 182. The summed E-state index contributed by atoms with van der Waals surface area (Å²) in [5.74, 6) is 0.791. The molecular weight excluding hydrogens is 224 g/mol. The predicted octanol–water partition coefficient (Wildman–Crippen LogP) is 2.78. The van der Waals surface area contributed by atoms with Crippen LogP contribution >= 0.6 is 12.6 Å². The van der Waals surface area contributed by atoms with Crippen molar-refractivity contribution in [1.82, 2.24) is 0 Å². The van der Waals surface area contributed by atoms with Crippen LogP contribution in [-0.4, -0.2) is 24.1 Å². The molecule has 0 N–H and O–H groups in total. The van der Waals surface area contributed by atoms with E-state index < -0.39 is 0 Å². The van der Waals surface area contributed by atoms with E-state index in [2.05, 4.69) is 12.6 Å². The molecule has 0 atom stereocenters. The fourth-order valence-corrected chi connectivity index (χ4v) is 1.56. The quantitative estimate of drug-likeness (QED) is 0.366. The van der Waals surface area contributed by atoms with Crippen LogP contribution in [0.25, 0.3) is 0 Å². The first-order valence-corrected chi connectivity index (χ1v) is 6.62. The van der Waals surface area contributed by atoms with Crippen molar-refractivity contribution < 1.29 is 14.3 Å². The van der Waals surface area contributed by atoms with Crippen LogP contribution in [0.2, 0.25) is 0 Å². The van der Waals surface area contributed by atoms with Gasteiger partial charge in [0.15, 0.2) is 0 Å². The number of ether oxygens (including phenoxy) is 1. The molecule has 94 valence electrons. The van der Waals surface area contributed by atoms with Crippen molar-refractivity contribution in [3.63, 3.8) is 0 Å². The van der Waals surface area contributed by atoms with Crippen LogP contribution < -0.4 is 0 Å². The molecule has 4 heteroatoms. The first-order chi connectivity index (χ1) is 7.70. The molecule has 0 amide bonds. The molecule has 0 aliphatic heterocycles. The van der Waals surface area contributed by atoms with Gasteiger partial charge in [-0.1, -0.05) is 6.92 Å². The van der Waals surface area contributed by atoms with Crippen LogP contribution in [0.15, 0.2) is 0 Å². The molecule has 0 spiro atoms. The second kappa shape index (κ2) is 11.0. The summed E-state index contributed by atoms with van der Waals surface area (Å²) >= 11 is 4.00. The lowest BCUT2D eigenvalue weighted by Gasteiger charge is -2.03. The van der Waals surface area contributed by atoms with E-state index in [9.17, 15) is 9.59 Å². The Morgan fingerprint density at radius 1 is 1.06 bits per heavy atom. The van der Waals surface area contributed by atoms with Crippen molar-refractivity contribution in [3.8, 4) is 0 Å². The van der Waals surface area contributed by atoms with E-state index in [1.54, 1.807) is 0 Å². The highest BCUT2D eigenvalue weighted by Gasteiger charge is 2.02. The number of hydrogen-bond acceptors (Lipinski definition) is 4. The van der Waals surface area contributed by atoms with Gasteiger partial charge in [-0.05, 0) is 31.4 Å². The highest BCUT2D eigenvalue weighted by atomic mass is 32.1. The van der Waals surface area contributed by atoms with Crippen LogP contribution in [0.1, 0.15) is 51.9 Å². The molecule has 0 bridgehead atoms. The highest BCUT2D eigenvalue weighted by molar-refractivity contribution is 7.80. The fourth-order valence-electron chi connectivity index (χ4n) is 1.31. The van der Waals surface area contributed by atoms with E-state index in [0.717, 1.165) is 25.7 Å². The minimum atomic E-state index is -0.117. The van der Waals surface area contributed by atoms with Gasteiger partial charge in [0.1, 0.15) is 5.78 Å². The minimum Gasteiger partial charge on any atom is -0.466 e. The summed E-state index contributed by atoms with van der Waals surface area (Å²) < 4.78 is 5.00. The SMILES string of the molecule is CCCC(=O)OCCCCCC(=O)CCS. The summed E-state index contributed by atoms with van der Waals surface area (Å²) in [7, 11) is 0. The number of carbonyl (C=O) groups excluding carboxylic acids is 2. The lowest BCUT2D eigenvalue weighted by molar-refractivity contribution is -0.143. The Labute approximate surface area is 103 Å². The van der Waals surface area contributed by atoms with Gasteiger partial charge in [0.25, 0.3) is 0 Å². The highest BCUT2D eigenvalue weighted by Crippen LogP contribution is 2.04. The van der Waals surface area contributed by atoms with Crippen molar-refractivity contribution in [1.29, 1.82) is 0 Å². The first-order valence-electron chi connectivity index (χ1n) is 5.99. The molecule has 0 saturated carbocycles. The second-order valence-electron chi connectivity index (χ2n) is 3.79. The molecule has 0 aromatic rings. The zero-order valence-electron chi connectivity index (χ0n) is 10.0. The van der Waals surface area contributed by atoms with Crippen molar-refractivity contribution in [2.75, 3.05) is 12.4 Å². The van der Waals surface area contributed by atoms with Crippen molar-refractivity contribution in [3.05, 3.63) is 0 Å². The van der Waals surface area contributed by atoms with E-state index in [1.807, 2.05) is 6.92 Å². The topological polar surface area (TPSA) is 43.4 Å². The third kappa shape index (κ3) is 10.0. The van der Waals surface area contributed by atoms with Gasteiger partial charge in [-0.15, -0.1) is 0 Å². The summed E-state index contributed by atoms with van der Waals surface area (Å²) in [5.41, 5.74) is 0. The molecule has 0 heterocycles. The number of esters is 1. The van der Waals surface area contributed by atoms with Gasteiger partial charge in [-0.3, -0.25) is 9.59 Å². The molecule has 0 fully saturated rings. The molecule has 0 aromatic carbocycles. The molecule has 0 unspecified atom stereocenters. The largest absolute Gasteiger partial charge is 0.466 e. The Hall–Kier alpha value is -0.510. The first kappa shape index (κ1) is 15.5. The summed E-state index contributed by atoms with van der Waals surface area (Å²) in [4.78, 5) is 22.1. The lowest BCUT2D eigenvalue weighted by atomic mass is 10.1. The Morgan fingerprint density at radius 2 is 1.81 bits per heavy atom. The van der Waals surface area contributed by atoms with Crippen LogP contribution in [0.3, 0.4) is 0 Å². The number of rotatable bonds is 10. The van der Waals surface area contributed by atoms with Gasteiger partial charge in [0.05, 0.1) is 6.61 Å². The number of carbonyl (C=O) groups is 2. The summed E-state index contributed by atoms with van der Waals surface area (Å²) in [6.07, 6.45) is 5.20.